The second-order valence-corrected chi connectivity index (χ2v) is 10.5. The molecule has 190 valence electrons. The number of nitrogens with one attached hydrogen (secondary N) is 2. The number of aromatic nitrogens is 1. The molecule has 0 aliphatic carbocycles. The molecule has 3 rings (SSSR count). The molecule has 1 fully saturated rings. The number of rotatable bonds is 10. The highest BCUT2D eigenvalue weighted by Gasteiger charge is 2.41. The average Bonchev–Trinajstić information content (AvgIpc) is 3.45. The Labute approximate surface area is 215 Å². The van der Waals surface area contributed by atoms with Crippen LogP contribution in [0.15, 0.2) is 29.8 Å². The number of carbonyl (C=O) groups is 3. The van der Waals surface area contributed by atoms with Crippen molar-refractivity contribution in [2.24, 2.45) is 5.92 Å². The minimum absolute atomic E-state index is 0.0476. The summed E-state index contributed by atoms with van der Waals surface area (Å²) in [6.07, 6.45) is 0.400. The van der Waals surface area contributed by atoms with Crippen molar-refractivity contribution in [3.05, 3.63) is 41.0 Å². The fourth-order valence-corrected chi connectivity index (χ4v) is 5.10. The van der Waals surface area contributed by atoms with Gasteiger partial charge < -0.3 is 20.6 Å². The summed E-state index contributed by atoms with van der Waals surface area (Å²) < 4.78 is 0. The zero-order valence-corrected chi connectivity index (χ0v) is 22.1. The second kappa shape index (κ2) is 12.5. The van der Waals surface area contributed by atoms with Crippen molar-refractivity contribution in [2.45, 2.75) is 64.8 Å². The Kier molecular flexibility index (Phi) is 9.71. The monoisotopic (exact) mass is 518 g/mol. The van der Waals surface area contributed by atoms with Crippen LogP contribution >= 0.6 is 24.0 Å². The number of β-amino-alcohol motifs (C(OH)–C–C–N with tert-alkyl or cyclic N) is 1. The first-order valence-electron chi connectivity index (χ1n) is 11.9. The molecule has 3 N–H and O–H groups in total. The number of thiazole rings is 1. The number of aliphatic hydroxyl groups excluding tert-OH is 1. The molecule has 0 spiro atoms. The Morgan fingerprint density at radius 1 is 1.26 bits per heavy atom. The summed E-state index contributed by atoms with van der Waals surface area (Å²) in [4.78, 5) is 45.1. The highest BCUT2D eigenvalue weighted by atomic mass is 32.1. The van der Waals surface area contributed by atoms with E-state index in [0.29, 0.717) is 18.9 Å². The largest absolute Gasteiger partial charge is 0.391 e. The lowest BCUT2D eigenvalue weighted by molar-refractivity contribution is -0.141. The Morgan fingerprint density at radius 2 is 1.97 bits per heavy atom. The molecule has 1 unspecified atom stereocenters. The Hall–Kier alpha value is -2.43. The van der Waals surface area contributed by atoms with Crippen molar-refractivity contribution in [1.82, 2.24) is 20.5 Å². The molecule has 35 heavy (non-hydrogen) atoms. The predicted molar refractivity (Wildman–Crippen MR) is 140 cm³/mol. The minimum Gasteiger partial charge on any atom is -0.391 e. The van der Waals surface area contributed by atoms with E-state index in [1.165, 1.54) is 4.90 Å². The van der Waals surface area contributed by atoms with E-state index in [-0.39, 0.29) is 30.5 Å². The van der Waals surface area contributed by atoms with E-state index in [1.807, 2.05) is 50.5 Å². The van der Waals surface area contributed by atoms with Gasteiger partial charge in [-0.15, -0.1) is 11.3 Å². The van der Waals surface area contributed by atoms with E-state index in [0.717, 1.165) is 28.1 Å². The molecular weight excluding hydrogens is 484 g/mol. The van der Waals surface area contributed by atoms with E-state index in [2.05, 4.69) is 28.2 Å². The van der Waals surface area contributed by atoms with Gasteiger partial charge >= 0.3 is 0 Å². The van der Waals surface area contributed by atoms with Crippen molar-refractivity contribution < 1.29 is 19.5 Å². The van der Waals surface area contributed by atoms with Crippen molar-refractivity contribution >= 4 is 41.7 Å². The minimum atomic E-state index is -0.846. The first kappa shape index (κ1) is 27.2. The van der Waals surface area contributed by atoms with Gasteiger partial charge in [-0.2, -0.15) is 12.6 Å². The van der Waals surface area contributed by atoms with Gasteiger partial charge in [-0.3, -0.25) is 14.4 Å². The van der Waals surface area contributed by atoms with E-state index in [9.17, 15) is 19.5 Å². The Morgan fingerprint density at radius 3 is 2.57 bits per heavy atom. The molecule has 0 bridgehead atoms. The first-order valence-corrected chi connectivity index (χ1v) is 13.4. The second-order valence-electron chi connectivity index (χ2n) is 9.31. The van der Waals surface area contributed by atoms with E-state index < -0.39 is 24.1 Å². The lowest BCUT2D eigenvalue weighted by Gasteiger charge is -2.28. The fraction of sp³-hybridized carbons (Fsp3) is 0.520. The third-order valence-corrected chi connectivity index (χ3v) is 7.40. The number of benzene rings is 1. The number of hydrogen-bond donors (Lipinski definition) is 4. The van der Waals surface area contributed by atoms with Crippen LogP contribution in [-0.2, 0) is 20.9 Å². The standard InChI is InChI=1S/C25H34N4O4S2/c1-15(2)4-9-22(31)28-20(13-34)25(33)29-12-19(30)10-21(29)24(32)26-11-17-5-7-18(8-6-17)23-16(3)27-14-35-23/h5-8,14-15,19-21,30,34H,4,9-13H2,1-3H3,(H,26,32)(H,28,31)/t19-,20?,21+/m1/s1. The molecule has 8 nitrogen and oxygen atoms in total. The van der Waals surface area contributed by atoms with Crippen LogP contribution in [0.5, 0.6) is 0 Å². The molecule has 1 aliphatic rings. The quantitative estimate of drug-likeness (QED) is 0.361. The smallest absolute Gasteiger partial charge is 0.246 e. The SMILES string of the molecule is Cc1ncsc1-c1ccc(CNC(=O)[C@@H]2C[C@@H](O)CN2C(=O)C(CS)NC(=O)CCC(C)C)cc1. The maximum absolute atomic E-state index is 13.1. The van der Waals surface area contributed by atoms with E-state index >= 15 is 0 Å². The van der Waals surface area contributed by atoms with Crippen molar-refractivity contribution in [3.8, 4) is 10.4 Å². The van der Waals surface area contributed by atoms with Gasteiger partial charge in [0.05, 0.1) is 22.2 Å². The van der Waals surface area contributed by atoms with E-state index in [1.54, 1.807) is 11.3 Å². The predicted octanol–water partition coefficient (Wildman–Crippen LogP) is 2.55. The summed E-state index contributed by atoms with van der Waals surface area (Å²) in [5.74, 6) is -0.469. The maximum Gasteiger partial charge on any atom is 0.246 e. The third kappa shape index (κ3) is 7.28. The molecule has 1 aromatic heterocycles. The summed E-state index contributed by atoms with van der Waals surface area (Å²) in [6, 6.07) is 6.25. The lowest BCUT2D eigenvalue weighted by atomic mass is 10.1. The summed E-state index contributed by atoms with van der Waals surface area (Å²) in [6.45, 7) is 6.38. The molecule has 1 aliphatic heterocycles. The van der Waals surface area contributed by atoms with Crippen LogP contribution in [0, 0.1) is 12.8 Å². The molecule has 10 heteroatoms. The normalized spacial score (nSPS) is 18.5. The number of hydrogen-bond acceptors (Lipinski definition) is 7. The molecule has 2 aromatic rings. The average molecular weight is 519 g/mol. The highest BCUT2D eigenvalue weighted by Crippen LogP contribution is 2.27. The van der Waals surface area contributed by atoms with Gasteiger partial charge in [0.2, 0.25) is 17.7 Å². The number of aliphatic hydroxyl groups is 1. The number of carbonyl (C=O) groups excluding carboxylic acids is 3. The van der Waals surface area contributed by atoms with Crippen LogP contribution in [0.2, 0.25) is 0 Å². The van der Waals surface area contributed by atoms with Gasteiger partial charge in [0, 0.05) is 31.7 Å². The molecule has 0 saturated carbocycles. The van der Waals surface area contributed by atoms with E-state index in [4.69, 9.17) is 0 Å². The molecule has 1 saturated heterocycles. The molecule has 3 atom stereocenters. The Balaban J connectivity index is 1.59. The van der Waals surface area contributed by atoms with Crippen molar-refractivity contribution in [2.75, 3.05) is 12.3 Å². The van der Waals surface area contributed by atoms with Gasteiger partial charge in [0.25, 0.3) is 0 Å². The first-order chi connectivity index (χ1) is 16.7. The zero-order chi connectivity index (χ0) is 25.5. The molecule has 3 amide bonds. The van der Waals surface area contributed by atoms with Crippen LogP contribution in [0.25, 0.3) is 10.4 Å². The summed E-state index contributed by atoms with van der Waals surface area (Å²) in [5.41, 5.74) is 4.80. The number of thiol groups is 1. The molecule has 0 radical (unpaired) electrons. The van der Waals surface area contributed by atoms with Crippen LogP contribution in [-0.4, -0.2) is 63.2 Å². The summed E-state index contributed by atoms with van der Waals surface area (Å²) in [7, 11) is 0. The maximum atomic E-state index is 13.1. The number of aryl methyl sites for hydroxylation is 1. The van der Waals surface area contributed by atoms with Crippen LogP contribution in [0.4, 0.5) is 0 Å². The fourth-order valence-electron chi connectivity index (χ4n) is 4.04. The molecular formula is C25H34N4O4S2. The summed E-state index contributed by atoms with van der Waals surface area (Å²) >= 11 is 5.82. The third-order valence-electron chi connectivity index (χ3n) is 6.06. The van der Waals surface area contributed by atoms with Gasteiger partial charge in [-0.25, -0.2) is 4.98 Å². The van der Waals surface area contributed by atoms with Crippen molar-refractivity contribution in [3.63, 3.8) is 0 Å². The number of nitrogens with zero attached hydrogens (tertiary/aromatic N) is 2. The van der Waals surface area contributed by atoms with Gasteiger partial charge in [0.15, 0.2) is 0 Å². The lowest BCUT2D eigenvalue weighted by Crippen LogP contribution is -2.54. The van der Waals surface area contributed by atoms with Gasteiger partial charge in [-0.1, -0.05) is 38.1 Å². The zero-order valence-electron chi connectivity index (χ0n) is 20.4. The van der Waals surface area contributed by atoms with Gasteiger partial charge in [0.1, 0.15) is 12.1 Å². The molecule has 1 aromatic carbocycles. The van der Waals surface area contributed by atoms with Crippen LogP contribution < -0.4 is 10.6 Å². The topological polar surface area (TPSA) is 112 Å². The molecule has 2 heterocycles. The van der Waals surface area contributed by atoms with Gasteiger partial charge in [-0.05, 0) is 30.4 Å². The number of likely N-dealkylation sites (tertiary alicyclic amines) is 1. The Bertz CT molecular complexity index is 1020. The summed E-state index contributed by atoms with van der Waals surface area (Å²) in [5, 5.41) is 15.8. The highest BCUT2D eigenvalue weighted by molar-refractivity contribution is 7.80. The number of amides is 3. The van der Waals surface area contributed by atoms with Crippen molar-refractivity contribution in [1.29, 1.82) is 0 Å². The van der Waals surface area contributed by atoms with Crippen LogP contribution in [0.1, 0.15) is 44.4 Å². The van der Waals surface area contributed by atoms with Crippen LogP contribution in [0.3, 0.4) is 0 Å².